The summed E-state index contributed by atoms with van der Waals surface area (Å²) in [7, 11) is 0. The van der Waals surface area contributed by atoms with Crippen LogP contribution in [0.2, 0.25) is 0 Å². The number of carbonyl (C=O) groups excluding carboxylic acids is 2. The number of hydrogen-bond donors (Lipinski definition) is 3. The van der Waals surface area contributed by atoms with E-state index in [1.807, 2.05) is 27.7 Å². The van der Waals surface area contributed by atoms with Gasteiger partial charge >= 0.3 is 0 Å². The van der Waals surface area contributed by atoms with Crippen molar-refractivity contribution >= 4 is 12.2 Å². The van der Waals surface area contributed by atoms with Crippen LogP contribution < -0.4 is 11.1 Å². The minimum absolute atomic E-state index is 0.0403. The van der Waals surface area contributed by atoms with Gasteiger partial charge in [-0.15, -0.1) is 0 Å². The summed E-state index contributed by atoms with van der Waals surface area (Å²) in [6, 6.07) is 0. The van der Waals surface area contributed by atoms with E-state index < -0.39 is 16.9 Å². The number of aldehydes is 1. The number of carbonyl (C=O) groups is 2. The van der Waals surface area contributed by atoms with Crippen LogP contribution in [0.5, 0.6) is 0 Å². The van der Waals surface area contributed by atoms with Gasteiger partial charge in [0.2, 0.25) is 5.91 Å². The second-order valence-electron chi connectivity index (χ2n) is 17.1. The van der Waals surface area contributed by atoms with Crippen LogP contribution in [0.3, 0.4) is 0 Å². The van der Waals surface area contributed by atoms with Gasteiger partial charge in [-0.05, 0) is 134 Å². The van der Waals surface area contributed by atoms with Gasteiger partial charge in [-0.25, -0.2) is 0 Å². The van der Waals surface area contributed by atoms with E-state index in [9.17, 15) is 14.7 Å². The van der Waals surface area contributed by atoms with Gasteiger partial charge in [0.25, 0.3) is 0 Å². The van der Waals surface area contributed by atoms with Gasteiger partial charge in [0.1, 0.15) is 18.6 Å². The normalized spacial score (nSPS) is 28.3. The lowest BCUT2D eigenvalue weighted by atomic mass is 9.60. The number of rotatable bonds is 20. The third-order valence-corrected chi connectivity index (χ3v) is 11.5. The van der Waals surface area contributed by atoms with E-state index in [1.165, 1.54) is 49.7 Å². The Morgan fingerprint density at radius 3 is 2.55 bits per heavy atom. The van der Waals surface area contributed by atoms with Crippen LogP contribution in [0.4, 0.5) is 0 Å². The molecule has 6 atom stereocenters. The predicted octanol–water partition coefficient (Wildman–Crippen LogP) is 7.73. The van der Waals surface area contributed by atoms with Crippen molar-refractivity contribution in [2.24, 2.45) is 28.9 Å². The molecule has 8 nitrogen and oxygen atoms in total. The highest BCUT2D eigenvalue weighted by Crippen LogP contribution is 2.60. The SMILES string of the molecule is C=C1CC[C@H](OCCCNC(=O)CC(C)(N)OCCC(C)(C)OCC=O)C/C1=C/C=C1\CCC[C@]2(C)C([C@H](C)CCCC(C)(C)O)CC[C@@H]12. The smallest absolute Gasteiger partial charge is 0.224 e. The van der Waals surface area contributed by atoms with Crippen LogP contribution in [0.25, 0.3) is 0 Å². The molecule has 4 N–H and O–H groups in total. The molecule has 0 aromatic rings. The van der Waals surface area contributed by atoms with Crippen molar-refractivity contribution in [3.05, 3.63) is 35.5 Å². The summed E-state index contributed by atoms with van der Waals surface area (Å²) in [4.78, 5) is 23.1. The third-order valence-electron chi connectivity index (χ3n) is 11.5. The van der Waals surface area contributed by atoms with Crippen molar-refractivity contribution in [2.75, 3.05) is 26.4 Å². The Morgan fingerprint density at radius 2 is 1.84 bits per heavy atom. The Labute approximate surface area is 298 Å². The Kier molecular flexibility index (Phi) is 15.8. The van der Waals surface area contributed by atoms with Crippen LogP contribution in [0.15, 0.2) is 35.5 Å². The fourth-order valence-corrected chi connectivity index (χ4v) is 8.64. The quantitative estimate of drug-likeness (QED) is 0.0681. The average Bonchev–Trinajstić information content (AvgIpc) is 3.36. The maximum absolute atomic E-state index is 12.5. The topological polar surface area (TPSA) is 120 Å². The van der Waals surface area contributed by atoms with E-state index >= 15 is 0 Å². The summed E-state index contributed by atoms with van der Waals surface area (Å²) in [5, 5.41) is 13.1. The van der Waals surface area contributed by atoms with Gasteiger partial charge in [-0.1, -0.05) is 56.6 Å². The number of nitrogens with two attached hydrogens (primary N) is 1. The summed E-state index contributed by atoms with van der Waals surface area (Å²) in [5.74, 6) is 1.97. The molecule has 49 heavy (non-hydrogen) atoms. The molecule has 2 unspecified atom stereocenters. The summed E-state index contributed by atoms with van der Waals surface area (Å²) in [6.07, 6.45) is 19.5. The zero-order valence-corrected chi connectivity index (χ0v) is 32.0. The number of fused-ring (bicyclic) bond motifs is 1. The molecule has 0 heterocycles. The highest BCUT2D eigenvalue weighted by molar-refractivity contribution is 5.76. The second-order valence-corrected chi connectivity index (χ2v) is 17.1. The highest BCUT2D eigenvalue weighted by Gasteiger charge is 2.50. The Hall–Kier alpha value is -1.84. The Bertz CT molecular complexity index is 1150. The first-order valence-corrected chi connectivity index (χ1v) is 19.1. The fraction of sp³-hybridized carbons (Fsp3) is 0.805. The molecule has 0 bridgehead atoms. The molecule has 0 aromatic carbocycles. The van der Waals surface area contributed by atoms with E-state index in [4.69, 9.17) is 19.9 Å². The van der Waals surface area contributed by atoms with E-state index in [0.29, 0.717) is 43.4 Å². The second kappa shape index (κ2) is 18.6. The molecule has 0 saturated heterocycles. The third kappa shape index (κ3) is 13.7. The minimum Gasteiger partial charge on any atom is -0.390 e. The van der Waals surface area contributed by atoms with E-state index in [0.717, 1.165) is 50.7 Å². The molecular formula is C41H70N2O6. The van der Waals surface area contributed by atoms with Crippen molar-refractivity contribution < 1.29 is 28.9 Å². The van der Waals surface area contributed by atoms with Gasteiger partial charge in [0.15, 0.2) is 0 Å². The van der Waals surface area contributed by atoms with Gasteiger partial charge in [0, 0.05) is 13.2 Å². The number of hydrogen-bond acceptors (Lipinski definition) is 7. The number of nitrogens with one attached hydrogen (secondary N) is 1. The van der Waals surface area contributed by atoms with E-state index in [2.05, 4.69) is 37.9 Å². The summed E-state index contributed by atoms with van der Waals surface area (Å²) in [6.45, 7) is 20.2. The number of allylic oxidation sites excluding steroid dienone is 4. The summed E-state index contributed by atoms with van der Waals surface area (Å²) < 4.78 is 17.5. The molecule has 3 aliphatic rings. The average molecular weight is 687 g/mol. The Morgan fingerprint density at radius 1 is 1.08 bits per heavy atom. The molecule has 8 heteroatoms. The van der Waals surface area contributed by atoms with Crippen molar-refractivity contribution in [1.82, 2.24) is 5.32 Å². The van der Waals surface area contributed by atoms with Gasteiger partial charge in [-0.3, -0.25) is 4.79 Å². The lowest BCUT2D eigenvalue weighted by Gasteiger charge is -2.44. The fourth-order valence-electron chi connectivity index (χ4n) is 8.64. The summed E-state index contributed by atoms with van der Waals surface area (Å²) >= 11 is 0. The zero-order chi connectivity index (χ0) is 36.3. The molecule has 0 radical (unpaired) electrons. The first-order chi connectivity index (χ1) is 22.9. The maximum atomic E-state index is 12.5. The maximum Gasteiger partial charge on any atom is 0.224 e. The predicted molar refractivity (Wildman–Crippen MR) is 198 cm³/mol. The lowest BCUT2D eigenvalue weighted by Crippen LogP contribution is -2.45. The van der Waals surface area contributed by atoms with Crippen molar-refractivity contribution in [3.8, 4) is 0 Å². The van der Waals surface area contributed by atoms with Gasteiger partial charge in [-0.2, -0.15) is 0 Å². The first-order valence-electron chi connectivity index (χ1n) is 19.1. The minimum atomic E-state index is -1.09. The monoisotopic (exact) mass is 687 g/mol. The summed E-state index contributed by atoms with van der Waals surface area (Å²) in [5.41, 5.74) is 8.62. The zero-order valence-electron chi connectivity index (χ0n) is 32.0. The largest absolute Gasteiger partial charge is 0.390 e. The van der Waals surface area contributed by atoms with Crippen molar-refractivity contribution in [1.29, 1.82) is 0 Å². The molecule has 0 aromatic heterocycles. The van der Waals surface area contributed by atoms with Crippen LogP contribution in [-0.2, 0) is 23.8 Å². The van der Waals surface area contributed by atoms with Gasteiger partial charge < -0.3 is 35.2 Å². The molecule has 1 amide bonds. The van der Waals surface area contributed by atoms with Crippen molar-refractivity contribution in [3.63, 3.8) is 0 Å². The molecule has 3 saturated carbocycles. The van der Waals surface area contributed by atoms with E-state index in [-0.39, 0.29) is 25.0 Å². The lowest BCUT2D eigenvalue weighted by molar-refractivity contribution is -0.131. The molecular weight excluding hydrogens is 616 g/mol. The number of amides is 1. The van der Waals surface area contributed by atoms with Crippen molar-refractivity contribution in [2.45, 2.75) is 161 Å². The van der Waals surface area contributed by atoms with E-state index in [1.54, 1.807) is 12.5 Å². The molecule has 3 rings (SSSR count). The molecule has 3 aliphatic carbocycles. The number of aliphatic hydroxyl groups is 1. The highest BCUT2D eigenvalue weighted by atomic mass is 16.5. The van der Waals surface area contributed by atoms with Crippen LogP contribution in [0.1, 0.15) is 138 Å². The van der Waals surface area contributed by atoms with Crippen LogP contribution in [0, 0.1) is 23.2 Å². The molecule has 280 valence electrons. The molecule has 3 fully saturated rings. The van der Waals surface area contributed by atoms with Gasteiger partial charge in [0.05, 0.1) is 30.3 Å². The Balaban J connectivity index is 1.41. The first kappa shape index (κ1) is 41.6. The van der Waals surface area contributed by atoms with Crippen LogP contribution in [-0.4, -0.2) is 66.7 Å². The number of ether oxygens (including phenoxy) is 3. The standard InChI is InChI=1S/C41H70N2O6/c1-30-14-17-34(47-25-11-23-43-37(45)29-41(8,42)49-26-22-39(5,6)48-27-24-44)28-33(30)16-15-32-13-10-21-40(7)35(18-19-36(32)40)31(2)12-9-20-38(3,4)46/h15-16,24,31,34-36,46H,1,9-14,17-23,25-29,42H2,2-8H3,(H,43,45)/b32-15+,33-16-/t31-,34+,35?,36+,40-,41?/m1/s1. The molecule has 0 aliphatic heterocycles. The van der Waals surface area contributed by atoms with Crippen LogP contribution >= 0.6 is 0 Å². The molecule has 0 spiro atoms.